The van der Waals surface area contributed by atoms with Crippen LogP contribution < -0.4 is 0 Å². The van der Waals surface area contributed by atoms with Crippen LogP contribution in [0.1, 0.15) is 24.5 Å². The number of benzene rings is 1. The summed E-state index contributed by atoms with van der Waals surface area (Å²) in [6.45, 7) is 4.53. The average Bonchev–Trinajstić information content (AvgIpc) is 2.76. The maximum absolute atomic E-state index is 12.2. The molecule has 0 spiro atoms. The number of aliphatic carboxylic acids is 1. The van der Waals surface area contributed by atoms with Crippen LogP contribution in [0.2, 0.25) is 0 Å². The highest BCUT2D eigenvalue weighted by Gasteiger charge is 2.41. The topological polar surface area (TPSA) is 57.6 Å². The van der Waals surface area contributed by atoms with Gasteiger partial charge in [0.15, 0.2) is 0 Å². The van der Waals surface area contributed by atoms with E-state index in [4.69, 9.17) is 5.11 Å². The summed E-state index contributed by atoms with van der Waals surface area (Å²) >= 11 is 0. The number of carbonyl (C=O) groups is 2. The highest BCUT2D eigenvalue weighted by molar-refractivity contribution is 5.82. The third-order valence-electron chi connectivity index (χ3n) is 3.95. The Bertz CT molecular complexity index is 512. The normalized spacial score (nSPS) is 22.5. The Morgan fingerprint density at radius 3 is 2.63 bits per heavy atom. The van der Waals surface area contributed by atoms with Gasteiger partial charge in [-0.15, -0.1) is 0 Å². The van der Waals surface area contributed by atoms with E-state index in [1.54, 1.807) is 11.8 Å². The largest absolute Gasteiger partial charge is 0.481 e. The van der Waals surface area contributed by atoms with Gasteiger partial charge in [0.1, 0.15) is 0 Å². The molecule has 2 rings (SSSR count). The van der Waals surface area contributed by atoms with E-state index in [1.165, 1.54) is 0 Å². The van der Waals surface area contributed by atoms with Crippen molar-refractivity contribution >= 4 is 11.9 Å². The minimum Gasteiger partial charge on any atom is -0.481 e. The van der Waals surface area contributed by atoms with Gasteiger partial charge in [0.25, 0.3) is 0 Å². The zero-order valence-electron chi connectivity index (χ0n) is 11.3. The molecule has 0 radical (unpaired) electrons. The first-order chi connectivity index (χ1) is 8.92. The smallest absolute Gasteiger partial charge is 0.311 e. The lowest BCUT2D eigenvalue weighted by Gasteiger charge is -2.20. The number of hydrogen-bond donors (Lipinski definition) is 1. The summed E-state index contributed by atoms with van der Waals surface area (Å²) in [6, 6.07) is 7.79. The second-order valence-electron chi connectivity index (χ2n) is 5.53. The third-order valence-corrected chi connectivity index (χ3v) is 3.95. The molecule has 1 N–H and O–H groups in total. The van der Waals surface area contributed by atoms with Crippen molar-refractivity contribution in [3.05, 3.63) is 35.4 Å². The Morgan fingerprint density at radius 2 is 2.05 bits per heavy atom. The molecular weight excluding hydrogens is 242 g/mol. The predicted molar refractivity (Wildman–Crippen MR) is 71.8 cm³/mol. The van der Waals surface area contributed by atoms with Crippen LogP contribution in [-0.2, 0) is 16.0 Å². The fraction of sp³-hybridized carbons (Fsp3) is 0.467. The van der Waals surface area contributed by atoms with Crippen LogP contribution in [0.5, 0.6) is 0 Å². The molecule has 0 saturated carbocycles. The van der Waals surface area contributed by atoms with Crippen molar-refractivity contribution < 1.29 is 14.7 Å². The van der Waals surface area contributed by atoms with E-state index in [2.05, 4.69) is 0 Å². The molecule has 0 aliphatic carbocycles. The molecule has 0 aromatic heterocycles. The molecule has 1 atom stereocenters. The molecule has 1 amide bonds. The van der Waals surface area contributed by atoms with E-state index < -0.39 is 11.4 Å². The van der Waals surface area contributed by atoms with E-state index in [9.17, 15) is 9.59 Å². The van der Waals surface area contributed by atoms with Gasteiger partial charge in [-0.3, -0.25) is 9.59 Å². The van der Waals surface area contributed by atoms with Gasteiger partial charge in [0, 0.05) is 13.1 Å². The number of carbonyl (C=O) groups excluding carboxylic acids is 1. The van der Waals surface area contributed by atoms with Crippen LogP contribution >= 0.6 is 0 Å². The molecule has 1 aromatic rings. The number of hydrogen-bond acceptors (Lipinski definition) is 2. The van der Waals surface area contributed by atoms with Crippen molar-refractivity contribution in [2.24, 2.45) is 5.41 Å². The van der Waals surface area contributed by atoms with E-state index in [1.807, 2.05) is 31.2 Å². The first kappa shape index (κ1) is 13.6. The van der Waals surface area contributed by atoms with Crippen LogP contribution in [-0.4, -0.2) is 35.0 Å². The summed E-state index contributed by atoms with van der Waals surface area (Å²) in [7, 11) is 0. The van der Waals surface area contributed by atoms with Crippen LogP contribution in [0.15, 0.2) is 24.3 Å². The van der Waals surface area contributed by atoms with Crippen molar-refractivity contribution in [3.8, 4) is 0 Å². The van der Waals surface area contributed by atoms with Gasteiger partial charge in [0.2, 0.25) is 5.91 Å². The maximum Gasteiger partial charge on any atom is 0.311 e. The first-order valence-corrected chi connectivity index (χ1v) is 6.48. The molecule has 0 bridgehead atoms. The van der Waals surface area contributed by atoms with E-state index in [-0.39, 0.29) is 5.91 Å². The number of aryl methyl sites for hydroxylation is 1. The highest BCUT2D eigenvalue weighted by atomic mass is 16.4. The molecule has 4 heteroatoms. The SMILES string of the molecule is Cc1ccccc1CC(=O)N1CCC(C)(C(=O)O)C1. The zero-order chi connectivity index (χ0) is 14.0. The van der Waals surface area contributed by atoms with Gasteiger partial charge >= 0.3 is 5.97 Å². The number of amides is 1. The van der Waals surface area contributed by atoms with Crippen molar-refractivity contribution in [1.29, 1.82) is 0 Å². The minimum absolute atomic E-state index is 0.0132. The summed E-state index contributed by atoms with van der Waals surface area (Å²) < 4.78 is 0. The maximum atomic E-state index is 12.2. The molecule has 4 nitrogen and oxygen atoms in total. The van der Waals surface area contributed by atoms with Crippen LogP contribution in [0.4, 0.5) is 0 Å². The summed E-state index contributed by atoms with van der Waals surface area (Å²) in [5.41, 5.74) is 1.31. The molecule has 102 valence electrons. The molecule has 19 heavy (non-hydrogen) atoms. The molecule has 1 aromatic carbocycles. The third kappa shape index (κ3) is 2.78. The minimum atomic E-state index is -0.821. The second-order valence-corrected chi connectivity index (χ2v) is 5.53. The van der Waals surface area contributed by atoms with Crippen molar-refractivity contribution in [3.63, 3.8) is 0 Å². The lowest BCUT2D eigenvalue weighted by Crippen LogP contribution is -2.35. The summed E-state index contributed by atoms with van der Waals surface area (Å²) in [4.78, 5) is 25.0. The van der Waals surface area contributed by atoms with Gasteiger partial charge in [-0.1, -0.05) is 24.3 Å². The van der Waals surface area contributed by atoms with Gasteiger partial charge in [-0.25, -0.2) is 0 Å². The second kappa shape index (κ2) is 5.03. The van der Waals surface area contributed by atoms with Crippen molar-refractivity contribution in [1.82, 2.24) is 4.90 Å². The number of rotatable bonds is 3. The predicted octanol–water partition coefficient (Wildman–Crippen LogP) is 1.86. The molecule has 1 fully saturated rings. The summed E-state index contributed by atoms with van der Waals surface area (Å²) in [5, 5.41) is 9.17. The molecule has 1 heterocycles. The van der Waals surface area contributed by atoms with Gasteiger partial charge in [-0.05, 0) is 31.4 Å². The Balaban J connectivity index is 2.03. The monoisotopic (exact) mass is 261 g/mol. The fourth-order valence-corrected chi connectivity index (χ4v) is 2.43. The highest BCUT2D eigenvalue weighted by Crippen LogP contribution is 2.30. The Labute approximate surface area is 113 Å². The zero-order valence-corrected chi connectivity index (χ0v) is 11.3. The summed E-state index contributed by atoms with van der Waals surface area (Å²) in [6.07, 6.45) is 0.879. The van der Waals surface area contributed by atoms with Crippen molar-refractivity contribution in [2.45, 2.75) is 26.7 Å². The Kier molecular flexibility index (Phi) is 3.60. The van der Waals surface area contributed by atoms with Gasteiger partial charge in [0.05, 0.1) is 11.8 Å². The quantitative estimate of drug-likeness (QED) is 0.903. The first-order valence-electron chi connectivity index (χ1n) is 6.48. The van der Waals surface area contributed by atoms with Gasteiger partial charge < -0.3 is 10.0 Å². The van der Waals surface area contributed by atoms with Gasteiger partial charge in [-0.2, -0.15) is 0 Å². The average molecular weight is 261 g/mol. The fourth-order valence-electron chi connectivity index (χ4n) is 2.43. The standard InChI is InChI=1S/C15H19NO3/c1-11-5-3-4-6-12(11)9-13(17)16-8-7-15(2,10-16)14(18)19/h3-6H,7-10H2,1-2H3,(H,18,19). The van der Waals surface area contributed by atoms with E-state index in [0.29, 0.717) is 25.9 Å². The molecular formula is C15H19NO3. The van der Waals surface area contributed by atoms with E-state index >= 15 is 0 Å². The Morgan fingerprint density at radius 1 is 1.37 bits per heavy atom. The lowest BCUT2D eigenvalue weighted by molar-refractivity contribution is -0.147. The number of carboxylic acid groups (broad SMARTS) is 1. The van der Waals surface area contributed by atoms with Crippen LogP contribution in [0.25, 0.3) is 0 Å². The number of carboxylic acids is 1. The number of likely N-dealkylation sites (tertiary alicyclic amines) is 1. The van der Waals surface area contributed by atoms with E-state index in [0.717, 1.165) is 11.1 Å². The van der Waals surface area contributed by atoms with Crippen molar-refractivity contribution in [2.75, 3.05) is 13.1 Å². The van der Waals surface area contributed by atoms with Crippen LogP contribution in [0.3, 0.4) is 0 Å². The summed E-state index contributed by atoms with van der Waals surface area (Å²) in [5.74, 6) is -0.807. The number of nitrogens with zero attached hydrogens (tertiary/aromatic N) is 1. The lowest BCUT2D eigenvalue weighted by atomic mass is 9.90. The molecule has 1 saturated heterocycles. The Hall–Kier alpha value is -1.84. The molecule has 1 aliphatic rings. The van der Waals surface area contributed by atoms with Crippen LogP contribution in [0, 0.1) is 12.3 Å². The molecule has 1 aliphatic heterocycles. The molecule has 1 unspecified atom stereocenters.